The summed E-state index contributed by atoms with van der Waals surface area (Å²) in [4.78, 5) is 13.5. The van der Waals surface area contributed by atoms with Gasteiger partial charge in [0.05, 0.1) is 5.25 Å². The van der Waals surface area contributed by atoms with Gasteiger partial charge in [0.25, 0.3) is 0 Å². The van der Waals surface area contributed by atoms with Crippen LogP contribution >= 0.6 is 0 Å². The molecule has 0 radical (unpaired) electrons. The lowest BCUT2D eigenvalue weighted by atomic mass is 9.77. The second-order valence-electron chi connectivity index (χ2n) is 6.24. The van der Waals surface area contributed by atoms with Gasteiger partial charge in [0, 0.05) is 13.1 Å². The molecule has 1 saturated carbocycles. The van der Waals surface area contributed by atoms with Crippen LogP contribution in [0, 0.1) is 5.41 Å². The van der Waals surface area contributed by atoms with E-state index in [1.807, 2.05) is 13.8 Å². The Morgan fingerprint density at radius 1 is 1.16 bits per heavy atom. The molecule has 19 heavy (non-hydrogen) atoms. The monoisotopic (exact) mass is 289 g/mol. The number of carbonyl (C=O) groups excluding carboxylic acids is 1. The van der Waals surface area contributed by atoms with Crippen LogP contribution in [0.15, 0.2) is 0 Å². The molecule has 0 unspecified atom stereocenters. The Balaban J connectivity index is 2.65. The number of carbonyl (C=O) groups is 1. The quantitative estimate of drug-likeness (QED) is 0.780. The fourth-order valence-corrected chi connectivity index (χ4v) is 4.41. The van der Waals surface area contributed by atoms with E-state index in [1.165, 1.54) is 0 Å². The van der Waals surface area contributed by atoms with Gasteiger partial charge in [0.2, 0.25) is 5.91 Å². The van der Waals surface area contributed by atoms with E-state index in [-0.39, 0.29) is 22.3 Å². The summed E-state index contributed by atoms with van der Waals surface area (Å²) in [6.45, 7) is 9.24. The van der Waals surface area contributed by atoms with Crippen LogP contribution in [0.5, 0.6) is 0 Å². The van der Waals surface area contributed by atoms with Gasteiger partial charge in [-0.2, -0.15) is 0 Å². The SMILES string of the molecule is CCN(CC)C(=O)CS(=O)(=O)C1CCC(C)(C)CC1. The van der Waals surface area contributed by atoms with Gasteiger partial charge in [-0.15, -0.1) is 0 Å². The Bertz CT molecular complexity index is 400. The van der Waals surface area contributed by atoms with Crippen LogP contribution in [0.2, 0.25) is 0 Å². The average Bonchev–Trinajstić information content (AvgIpc) is 2.29. The van der Waals surface area contributed by atoms with Crippen molar-refractivity contribution < 1.29 is 13.2 Å². The molecule has 112 valence electrons. The predicted molar refractivity (Wildman–Crippen MR) is 77.8 cm³/mol. The molecule has 1 fully saturated rings. The van der Waals surface area contributed by atoms with Gasteiger partial charge < -0.3 is 4.90 Å². The first-order valence-corrected chi connectivity index (χ1v) is 8.92. The van der Waals surface area contributed by atoms with E-state index in [2.05, 4.69) is 13.8 Å². The average molecular weight is 289 g/mol. The molecular formula is C14H27NO3S. The lowest BCUT2D eigenvalue weighted by Gasteiger charge is -2.34. The van der Waals surface area contributed by atoms with Gasteiger partial charge >= 0.3 is 0 Å². The Hall–Kier alpha value is -0.580. The van der Waals surface area contributed by atoms with Crippen molar-refractivity contribution in [3.8, 4) is 0 Å². The molecule has 1 rings (SSSR count). The second kappa shape index (κ2) is 6.25. The number of amides is 1. The Labute approximate surface area is 117 Å². The molecular weight excluding hydrogens is 262 g/mol. The number of rotatable bonds is 5. The molecule has 1 aliphatic carbocycles. The molecule has 0 aromatic heterocycles. The highest BCUT2D eigenvalue weighted by Gasteiger charge is 2.35. The van der Waals surface area contributed by atoms with Crippen molar-refractivity contribution in [3.05, 3.63) is 0 Å². The third-order valence-electron chi connectivity index (χ3n) is 4.23. The first-order valence-electron chi connectivity index (χ1n) is 7.21. The molecule has 1 aliphatic rings. The summed E-state index contributed by atoms with van der Waals surface area (Å²) in [6, 6.07) is 0. The smallest absolute Gasteiger partial charge is 0.237 e. The van der Waals surface area contributed by atoms with Crippen LogP contribution in [-0.4, -0.2) is 43.3 Å². The van der Waals surface area contributed by atoms with E-state index >= 15 is 0 Å². The molecule has 0 aromatic carbocycles. The van der Waals surface area contributed by atoms with Crippen molar-refractivity contribution in [2.24, 2.45) is 5.41 Å². The van der Waals surface area contributed by atoms with Crippen LogP contribution in [-0.2, 0) is 14.6 Å². The van der Waals surface area contributed by atoms with Gasteiger partial charge in [0.1, 0.15) is 5.75 Å². The fourth-order valence-electron chi connectivity index (χ4n) is 2.69. The first kappa shape index (κ1) is 16.5. The third-order valence-corrected chi connectivity index (χ3v) is 6.37. The minimum absolute atomic E-state index is 0.245. The standard InChI is InChI=1S/C14H27NO3S/c1-5-15(6-2)13(16)11-19(17,18)12-7-9-14(3,4)10-8-12/h12H,5-11H2,1-4H3. The number of hydrogen-bond donors (Lipinski definition) is 0. The van der Waals surface area contributed by atoms with Gasteiger partial charge in [-0.05, 0) is 44.9 Å². The highest BCUT2D eigenvalue weighted by atomic mass is 32.2. The van der Waals surface area contributed by atoms with Crippen molar-refractivity contribution in [1.29, 1.82) is 0 Å². The molecule has 0 atom stereocenters. The first-order chi connectivity index (χ1) is 8.72. The minimum Gasteiger partial charge on any atom is -0.342 e. The summed E-state index contributed by atoms with van der Waals surface area (Å²) in [7, 11) is -3.29. The molecule has 1 amide bonds. The highest BCUT2D eigenvalue weighted by Crippen LogP contribution is 2.37. The van der Waals surface area contributed by atoms with Crippen molar-refractivity contribution in [2.75, 3.05) is 18.8 Å². The number of sulfone groups is 1. The minimum atomic E-state index is -3.29. The topological polar surface area (TPSA) is 54.5 Å². The maximum atomic E-state index is 12.3. The largest absolute Gasteiger partial charge is 0.342 e. The molecule has 4 nitrogen and oxygen atoms in total. The third kappa shape index (κ3) is 4.48. The van der Waals surface area contributed by atoms with E-state index in [9.17, 15) is 13.2 Å². The van der Waals surface area contributed by atoms with Crippen molar-refractivity contribution in [1.82, 2.24) is 4.90 Å². The van der Waals surface area contributed by atoms with Gasteiger partial charge in [-0.25, -0.2) is 8.42 Å². The van der Waals surface area contributed by atoms with Crippen LogP contribution in [0.25, 0.3) is 0 Å². The molecule has 0 aromatic rings. The summed E-state index contributed by atoms with van der Waals surface area (Å²) in [5.74, 6) is -0.574. The van der Waals surface area contributed by atoms with Gasteiger partial charge in [0.15, 0.2) is 9.84 Å². The van der Waals surface area contributed by atoms with E-state index in [4.69, 9.17) is 0 Å². The van der Waals surface area contributed by atoms with E-state index < -0.39 is 9.84 Å². The number of hydrogen-bond acceptors (Lipinski definition) is 3. The second-order valence-corrected chi connectivity index (χ2v) is 8.52. The highest BCUT2D eigenvalue weighted by molar-refractivity contribution is 7.92. The summed E-state index contributed by atoms with van der Waals surface area (Å²) in [5.41, 5.74) is 0.245. The van der Waals surface area contributed by atoms with E-state index in [0.29, 0.717) is 25.9 Å². The van der Waals surface area contributed by atoms with E-state index in [0.717, 1.165) is 12.8 Å². The summed E-state index contributed by atoms with van der Waals surface area (Å²) < 4.78 is 24.6. The number of nitrogens with zero attached hydrogens (tertiary/aromatic N) is 1. The van der Waals surface area contributed by atoms with Crippen LogP contribution in [0.1, 0.15) is 53.4 Å². The molecule has 0 saturated heterocycles. The van der Waals surface area contributed by atoms with Crippen LogP contribution in [0.3, 0.4) is 0 Å². The molecule has 5 heteroatoms. The van der Waals surface area contributed by atoms with Crippen molar-refractivity contribution in [2.45, 2.75) is 58.6 Å². The molecule has 0 spiro atoms. The maximum absolute atomic E-state index is 12.3. The summed E-state index contributed by atoms with van der Waals surface area (Å²) in [5, 5.41) is -0.319. The summed E-state index contributed by atoms with van der Waals surface area (Å²) >= 11 is 0. The molecule has 0 heterocycles. The zero-order valence-corrected chi connectivity index (χ0v) is 13.4. The Morgan fingerprint density at radius 2 is 1.63 bits per heavy atom. The fraction of sp³-hybridized carbons (Fsp3) is 0.929. The Morgan fingerprint density at radius 3 is 2.05 bits per heavy atom. The van der Waals surface area contributed by atoms with Crippen molar-refractivity contribution >= 4 is 15.7 Å². The zero-order chi connectivity index (χ0) is 14.7. The van der Waals surface area contributed by atoms with Gasteiger partial charge in [-0.1, -0.05) is 13.8 Å². The predicted octanol–water partition coefficient (Wildman–Crippen LogP) is 2.24. The lowest BCUT2D eigenvalue weighted by Crippen LogP contribution is -2.40. The van der Waals surface area contributed by atoms with E-state index in [1.54, 1.807) is 4.90 Å². The molecule has 0 aliphatic heterocycles. The zero-order valence-electron chi connectivity index (χ0n) is 12.6. The Kier molecular flexibility index (Phi) is 5.42. The normalized spacial score (nSPS) is 20.2. The van der Waals surface area contributed by atoms with Crippen LogP contribution in [0.4, 0.5) is 0 Å². The summed E-state index contributed by atoms with van der Waals surface area (Å²) in [6.07, 6.45) is 3.24. The molecule has 0 bridgehead atoms. The van der Waals surface area contributed by atoms with Crippen molar-refractivity contribution in [3.63, 3.8) is 0 Å². The molecule has 0 N–H and O–H groups in total. The van der Waals surface area contributed by atoms with Gasteiger partial charge in [-0.3, -0.25) is 4.79 Å². The van der Waals surface area contributed by atoms with Crippen LogP contribution < -0.4 is 0 Å². The lowest BCUT2D eigenvalue weighted by molar-refractivity contribution is -0.128. The maximum Gasteiger partial charge on any atom is 0.237 e.